The van der Waals surface area contributed by atoms with Gasteiger partial charge in [0.15, 0.2) is 0 Å². The Bertz CT molecular complexity index is 741. The van der Waals surface area contributed by atoms with Gasteiger partial charge >= 0.3 is 0 Å². The molecule has 0 radical (unpaired) electrons. The predicted octanol–water partition coefficient (Wildman–Crippen LogP) is 1.46. The van der Waals surface area contributed by atoms with Crippen LogP contribution in [-0.2, 0) is 7.05 Å². The van der Waals surface area contributed by atoms with Crippen LogP contribution in [-0.4, -0.2) is 27.4 Å². The molecule has 1 aromatic carbocycles. The Morgan fingerprint density at radius 3 is 2.86 bits per heavy atom. The van der Waals surface area contributed by atoms with Gasteiger partial charge in [-0.3, -0.25) is 9.48 Å². The SMILES string of the molecule is Cc1nn(C)cc1NC(=O)c1ccc(C#CCO)c(F)c1. The molecule has 2 aromatic rings. The van der Waals surface area contributed by atoms with Crippen LogP contribution < -0.4 is 5.32 Å². The maximum absolute atomic E-state index is 13.8. The van der Waals surface area contributed by atoms with Crippen LogP contribution in [0.3, 0.4) is 0 Å². The lowest BCUT2D eigenvalue weighted by molar-refractivity contribution is 0.102. The summed E-state index contributed by atoms with van der Waals surface area (Å²) >= 11 is 0. The van der Waals surface area contributed by atoms with Gasteiger partial charge in [0.25, 0.3) is 5.91 Å². The first-order chi connectivity index (χ1) is 10.0. The molecule has 2 N–H and O–H groups in total. The van der Waals surface area contributed by atoms with E-state index in [0.717, 1.165) is 6.07 Å². The van der Waals surface area contributed by atoms with E-state index < -0.39 is 11.7 Å². The van der Waals surface area contributed by atoms with Gasteiger partial charge < -0.3 is 10.4 Å². The summed E-state index contributed by atoms with van der Waals surface area (Å²) in [6.45, 7) is 1.42. The molecular formula is C15H14FN3O2. The second kappa shape index (κ2) is 6.20. The van der Waals surface area contributed by atoms with E-state index in [-0.39, 0.29) is 17.7 Å². The molecule has 2 rings (SSSR count). The van der Waals surface area contributed by atoms with Crippen molar-refractivity contribution in [1.29, 1.82) is 0 Å². The van der Waals surface area contributed by atoms with Crippen LogP contribution in [0, 0.1) is 24.6 Å². The minimum Gasteiger partial charge on any atom is -0.384 e. The third-order valence-electron chi connectivity index (χ3n) is 2.80. The fraction of sp³-hybridized carbons (Fsp3) is 0.200. The number of carbonyl (C=O) groups is 1. The van der Waals surface area contributed by atoms with Crippen LogP contribution in [0.1, 0.15) is 21.6 Å². The van der Waals surface area contributed by atoms with Gasteiger partial charge in [-0.2, -0.15) is 5.10 Å². The molecule has 1 heterocycles. The highest BCUT2D eigenvalue weighted by Crippen LogP contribution is 2.15. The molecule has 0 saturated carbocycles. The number of amides is 1. The Morgan fingerprint density at radius 2 is 2.29 bits per heavy atom. The lowest BCUT2D eigenvalue weighted by Gasteiger charge is -2.04. The summed E-state index contributed by atoms with van der Waals surface area (Å²) in [6.07, 6.45) is 1.67. The number of nitrogens with one attached hydrogen (secondary N) is 1. The van der Waals surface area contributed by atoms with Crippen LogP contribution in [0.5, 0.6) is 0 Å². The second-order valence-electron chi connectivity index (χ2n) is 4.41. The van der Waals surface area contributed by atoms with Crippen LogP contribution in [0.4, 0.5) is 10.1 Å². The number of hydrogen-bond donors (Lipinski definition) is 2. The molecule has 1 aromatic heterocycles. The average molecular weight is 287 g/mol. The topological polar surface area (TPSA) is 67.2 Å². The molecule has 0 spiro atoms. The highest BCUT2D eigenvalue weighted by Gasteiger charge is 2.12. The summed E-state index contributed by atoms with van der Waals surface area (Å²) in [4.78, 5) is 12.1. The van der Waals surface area contributed by atoms with E-state index in [1.807, 2.05) is 0 Å². The number of benzene rings is 1. The van der Waals surface area contributed by atoms with E-state index in [1.54, 1.807) is 24.9 Å². The van der Waals surface area contributed by atoms with Crippen molar-refractivity contribution in [3.63, 3.8) is 0 Å². The number of aryl methyl sites for hydroxylation is 2. The number of hydrogen-bond acceptors (Lipinski definition) is 3. The molecule has 0 fully saturated rings. The predicted molar refractivity (Wildman–Crippen MR) is 76.3 cm³/mol. The zero-order valence-electron chi connectivity index (χ0n) is 11.6. The van der Waals surface area contributed by atoms with Crippen LogP contribution in [0.25, 0.3) is 0 Å². The molecular weight excluding hydrogens is 273 g/mol. The molecule has 0 bridgehead atoms. The van der Waals surface area contributed by atoms with Gasteiger partial charge in [-0.25, -0.2) is 4.39 Å². The van der Waals surface area contributed by atoms with Gasteiger partial charge in [-0.05, 0) is 25.1 Å². The van der Waals surface area contributed by atoms with Crippen molar-refractivity contribution in [3.05, 3.63) is 47.0 Å². The lowest BCUT2D eigenvalue weighted by atomic mass is 10.1. The van der Waals surface area contributed by atoms with Gasteiger partial charge in [0, 0.05) is 18.8 Å². The van der Waals surface area contributed by atoms with Crippen molar-refractivity contribution in [2.75, 3.05) is 11.9 Å². The van der Waals surface area contributed by atoms with Crippen LogP contribution >= 0.6 is 0 Å². The first-order valence-corrected chi connectivity index (χ1v) is 6.22. The van der Waals surface area contributed by atoms with Crippen molar-refractivity contribution in [1.82, 2.24) is 9.78 Å². The van der Waals surface area contributed by atoms with E-state index in [9.17, 15) is 9.18 Å². The summed E-state index contributed by atoms with van der Waals surface area (Å²) in [7, 11) is 1.75. The van der Waals surface area contributed by atoms with Gasteiger partial charge in [-0.1, -0.05) is 11.8 Å². The molecule has 108 valence electrons. The average Bonchev–Trinajstić information content (AvgIpc) is 2.75. The van der Waals surface area contributed by atoms with E-state index in [0.29, 0.717) is 11.4 Å². The monoisotopic (exact) mass is 287 g/mol. The summed E-state index contributed by atoms with van der Waals surface area (Å²) in [5, 5.41) is 15.4. The fourth-order valence-electron chi connectivity index (χ4n) is 1.81. The summed E-state index contributed by atoms with van der Waals surface area (Å²) in [5.41, 5.74) is 1.58. The molecule has 6 heteroatoms. The molecule has 0 aliphatic rings. The third kappa shape index (κ3) is 3.46. The zero-order valence-corrected chi connectivity index (χ0v) is 11.6. The number of carbonyl (C=O) groups excluding carboxylic acids is 1. The highest BCUT2D eigenvalue weighted by molar-refractivity contribution is 6.04. The molecule has 0 aliphatic heterocycles. The first kappa shape index (κ1) is 14.8. The zero-order chi connectivity index (χ0) is 15.4. The summed E-state index contributed by atoms with van der Waals surface area (Å²) in [6, 6.07) is 4.00. The van der Waals surface area contributed by atoms with Crippen molar-refractivity contribution < 1.29 is 14.3 Å². The largest absolute Gasteiger partial charge is 0.384 e. The molecule has 21 heavy (non-hydrogen) atoms. The van der Waals surface area contributed by atoms with Crippen molar-refractivity contribution in [3.8, 4) is 11.8 Å². The molecule has 0 atom stereocenters. The van der Waals surface area contributed by atoms with Crippen LogP contribution in [0.2, 0.25) is 0 Å². The lowest BCUT2D eigenvalue weighted by Crippen LogP contribution is -2.12. The smallest absolute Gasteiger partial charge is 0.255 e. The number of halogens is 1. The normalized spacial score (nSPS) is 9.90. The third-order valence-corrected chi connectivity index (χ3v) is 2.80. The maximum atomic E-state index is 13.8. The summed E-state index contributed by atoms with van der Waals surface area (Å²) < 4.78 is 15.4. The molecule has 0 saturated heterocycles. The minimum absolute atomic E-state index is 0.137. The Balaban J connectivity index is 2.20. The number of rotatable bonds is 2. The standard InChI is InChI=1S/C15H14FN3O2/c1-10-14(9-19(2)18-10)17-15(21)12-6-5-11(4-3-7-20)13(16)8-12/h5-6,8-9,20H,7H2,1-2H3,(H,17,21). The number of anilines is 1. The van der Waals surface area contributed by atoms with E-state index in [4.69, 9.17) is 5.11 Å². The molecule has 5 nitrogen and oxygen atoms in total. The van der Waals surface area contributed by atoms with Gasteiger partial charge in [0.05, 0.1) is 16.9 Å². The van der Waals surface area contributed by atoms with Gasteiger partial charge in [0.1, 0.15) is 12.4 Å². The Kier molecular flexibility index (Phi) is 4.36. The van der Waals surface area contributed by atoms with Crippen LogP contribution in [0.15, 0.2) is 24.4 Å². The molecule has 0 aliphatic carbocycles. The number of nitrogens with zero attached hydrogens (tertiary/aromatic N) is 2. The van der Waals surface area contributed by atoms with Crippen molar-refractivity contribution >= 4 is 11.6 Å². The fourth-order valence-corrected chi connectivity index (χ4v) is 1.81. The molecule has 1 amide bonds. The Hall–Kier alpha value is -2.65. The highest BCUT2D eigenvalue weighted by atomic mass is 19.1. The van der Waals surface area contributed by atoms with E-state index in [2.05, 4.69) is 22.3 Å². The second-order valence-corrected chi connectivity index (χ2v) is 4.41. The Labute approximate surface area is 121 Å². The molecule has 0 unspecified atom stereocenters. The number of aliphatic hydroxyl groups is 1. The quantitative estimate of drug-likeness (QED) is 0.822. The summed E-state index contributed by atoms with van der Waals surface area (Å²) in [5.74, 6) is 3.80. The minimum atomic E-state index is -0.605. The van der Waals surface area contributed by atoms with Crippen molar-refractivity contribution in [2.24, 2.45) is 7.05 Å². The Morgan fingerprint density at radius 1 is 1.52 bits per heavy atom. The van der Waals surface area contributed by atoms with E-state index >= 15 is 0 Å². The van der Waals surface area contributed by atoms with Gasteiger partial charge in [0.2, 0.25) is 0 Å². The van der Waals surface area contributed by atoms with Gasteiger partial charge in [-0.15, -0.1) is 0 Å². The maximum Gasteiger partial charge on any atom is 0.255 e. The van der Waals surface area contributed by atoms with E-state index in [1.165, 1.54) is 12.1 Å². The van der Waals surface area contributed by atoms with Crippen molar-refractivity contribution in [2.45, 2.75) is 6.92 Å². The number of aromatic nitrogens is 2. The number of aliphatic hydroxyl groups excluding tert-OH is 1. The first-order valence-electron chi connectivity index (χ1n) is 6.22.